The zero-order valence-corrected chi connectivity index (χ0v) is 12.7. The molecule has 21 heavy (non-hydrogen) atoms. The van der Waals surface area contributed by atoms with Crippen molar-refractivity contribution in [2.24, 2.45) is 10.9 Å². The molecule has 114 valence electrons. The van der Waals surface area contributed by atoms with E-state index in [4.69, 9.17) is 10.9 Å². The molecule has 1 aliphatic heterocycles. The highest BCUT2D eigenvalue weighted by atomic mass is 16.4. The van der Waals surface area contributed by atoms with E-state index in [0.29, 0.717) is 23.2 Å². The smallest absolute Gasteiger partial charge is 0.253 e. The number of rotatable bonds is 2. The minimum absolute atomic E-state index is 0.0212. The second-order valence-electron chi connectivity index (χ2n) is 5.64. The summed E-state index contributed by atoms with van der Waals surface area (Å²) in [5.74, 6) is 0.0590. The molecule has 1 fully saturated rings. The number of amides is 1. The number of amidine groups is 1. The summed E-state index contributed by atoms with van der Waals surface area (Å²) in [6.07, 6.45) is 0. The van der Waals surface area contributed by atoms with Gasteiger partial charge in [0.05, 0.1) is 0 Å². The molecule has 0 spiro atoms. The Bertz CT molecular complexity index is 529. The van der Waals surface area contributed by atoms with Crippen LogP contribution in [0.2, 0.25) is 0 Å². The maximum atomic E-state index is 12.5. The Morgan fingerprint density at radius 1 is 1.19 bits per heavy atom. The Labute approximate surface area is 124 Å². The second kappa shape index (κ2) is 6.13. The van der Waals surface area contributed by atoms with E-state index in [0.717, 1.165) is 13.1 Å². The van der Waals surface area contributed by atoms with Crippen molar-refractivity contribution in [1.29, 1.82) is 0 Å². The van der Waals surface area contributed by atoms with Gasteiger partial charge in [0.1, 0.15) is 0 Å². The number of hydrogen-bond donors (Lipinski definition) is 2. The van der Waals surface area contributed by atoms with Crippen molar-refractivity contribution < 1.29 is 10.0 Å². The molecule has 2 atom stereocenters. The Kier molecular flexibility index (Phi) is 4.47. The third kappa shape index (κ3) is 3.16. The van der Waals surface area contributed by atoms with E-state index >= 15 is 0 Å². The number of oxime groups is 1. The van der Waals surface area contributed by atoms with E-state index in [1.165, 1.54) is 0 Å². The Balaban J connectivity index is 2.13. The number of piperazine rings is 1. The van der Waals surface area contributed by atoms with Crippen LogP contribution in [0.3, 0.4) is 0 Å². The number of carbonyl (C=O) groups excluding carboxylic acids is 1. The van der Waals surface area contributed by atoms with Crippen molar-refractivity contribution in [3.8, 4) is 0 Å². The predicted molar refractivity (Wildman–Crippen MR) is 81.5 cm³/mol. The van der Waals surface area contributed by atoms with E-state index < -0.39 is 0 Å². The maximum Gasteiger partial charge on any atom is 0.253 e. The van der Waals surface area contributed by atoms with Gasteiger partial charge in [-0.1, -0.05) is 17.3 Å². The fourth-order valence-corrected chi connectivity index (χ4v) is 2.59. The molecule has 6 heteroatoms. The van der Waals surface area contributed by atoms with Gasteiger partial charge in [-0.3, -0.25) is 9.69 Å². The highest BCUT2D eigenvalue weighted by molar-refractivity contribution is 5.99. The van der Waals surface area contributed by atoms with Crippen molar-refractivity contribution in [2.75, 3.05) is 20.1 Å². The van der Waals surface area contributed by atoms with Crippen molar-refractivity contribution in [3.63, 3.8) is 0 Å². The van der Waals surface area contributed by atoms with Crippen LogP contribution in [-0.4, -0.2) is 59.0 Å². The quantitative estimate of drug-likeness (QED) is 0.368. The molecule has 1 aromatic carbocycles. The zero-order chi connectivity index (χ0) is 15.6. The first-order valence-electron chi connectivity index (χ1n) is 7.03. The normalized spacial score (nSPS) is 24.1. The summed E-state index contributed by atoms with van der Waals surface area (Å²) >= 11 is 0. The van der Waals surface area contributed by atoms with Crippen LogP contribution in [0.25, 0.3) is 0 Å². The topological polar surface area (TPSA) is 82.2 Å². The summed E-state index contributed by atoms with van der Waals surface area (Å²) in [5.41, 5.74) is 6.72. The van der Waals surface area contributed by atoms with Gasteiger partial charge in [-0.25, -0.2) is 0 Å². The summed E-state index contributed by atoms with van der Waals surface area (Å²) < 4.78 is 0. The van der Waals surface area contributed by atoms with Gasteiger partial charge in [0.15, 0.2) is 5.84 Å². The lowest BCUT2D eigenvalue weighted by Gasteiger charge is -2.42. The Morgan fingerprint density at radius 2 is 1.67 bits per heavy atom. The number of benzene rings is 1. The van der Waals surface area contributed by atoms with Gasteiger partial charge in [-0.2, -0.15) is 0 Å². The van der Waals surface area contributed by atoms with Crippen LogP contribution in [0, 0.1) is 0 Å². The molecule has 2 unspecified atom stereocenters. The van der Waals surface area contributed by atoms with E-state index in [1.54, 1.807) is 24.3 Å². The van der Waals surface area contributed by atoms with E-state index in [2.05, 4.69) is 31.0 Å². The molecule has 6 nitrogen and oxygen atoms in total. The number of nitrogens with zero attached hydrogens (tertiary/aromatic N) is 3. The van der Waals surface area contributed by atoms with Crippen LogP contribution < -0.4 is 5.73 Å². The molecular formula is C15H22N4O2. The maximum absolute atomic E-state index is 12.5. The number of hydrogen-bond acceptors (Lipinski definition) is 4. The monoisotopic (exact) mass is 290 g/mol. The average Bonchev–Trinajstić information content (AvgIpc) is 2.50. The van der Waals surface area contributed by atoms with E-state index in [1.807, 2.05) is 4.90 Å². The van der Waals surface area contributed by atoms with Crippen LogP contribution in [0.15, 0.2) is 29.4 Å². The second-order valence-corrected chi connectivity index (χ2v) is 5.64. The molecule has 0 saturated carbocycles. The van der Waals surface area contributed by atoms with Crippen LogP contribution >= 0.6 is 0 Å². The Hall–Kier alpha value is -2.08. The van der Waals surface area contributed by atoms with Gasteiger partial charge >= 0.3 is 0 Å². The molecule has 1 saturated heterocycles. The van der Waals surface area contributed by atoms with Crippen molar-refractivity contribution >= 4 is 11.7 Å². The fourth-order valence-electron chi connectivity index (χ4n) is 2.59. The molecule has 0 aliphatic carbocycles. The van der Waals surface area contributed by atoms with E-state index in [-0.39, 0.29) is 11.7 Å². The molecule has 1 aromatic rings. The lowest BCUT2D eigenvalue weighted by Crippen LogP contribution is -2.56. The van der Waals surface area contributed by atoms with Crippen LogP contribution in [0.1, 0.15) is 29.8 Å². The zero-order valence-electron chi connectivity index (χ0n) is 12.7. The van der Waals surface area contributed by atoms with Crippen LogP contribution in [0.4, 0.5) is 0 Å². The molecule has 0 bridgehead atoms. The van der Waals surface area contributed by atoms with Gasteiger partial charge in [0.2, 0.25) is 0 Å². The van der Waals surface area contributed by atoms with Gasteiger partial charge in [-0.05, 0) is 33.0 Å². The molecule has 0 radical (unpaired) electrons. The SMILES string of the molecule is CC1CN(C(=O)c2ccc(/C(N)=N/O)cc2)CC(C)N1C. The van der Waals surface area contributed by atoms with Crippen molar-refractivity contribution in [1.82, 2.24) is 9.80 Å². The summed E-state index contributed by atoms with van der Waals surface area (Å²) in [5, 5.41) is 11.6. The molecule has 1 amide bonds. The minimum atomic E-state index is 0.0212. The lowest BCUT2D eigenvalue weighted by atomic mass is 10.1. The van der Waals surface area contributed by atoms with Crippen LogP contribution in [0.5, 0.6) is 0 Å². The highest BCUT2D eigenvalue weighted by Crippen LogP contribution is 2.16. The molecule has 1 heterocycles. The highest BCUT2D eigenvalue weighted by Gasteiger charge is 2.29. The lowest BCUT2D eigenvalue weighted by molar-refractivity contribution is 0.0414. The molecule has 3 N–H and O–H groups in total. The van der Waals surface area contributed by atoms with Gasteiger partial charge < -0.3 is 15.8 Å². The third-order valence-electron chi connectivity index (χ3n) is 4.18. The molecule has 2 rings (SSSR count). The summed E-state index contributed by atoms with van der Waals surface area (Å²) in [7, 11) is 2.09. The van der Waals surface area contributed by atoms with Gasteiger partial charge in [-0.15, -0.1) is 0 Å². The van der Waals surface area contributed by atoms with Gasteiger partial charge in [0.25, 0.3) is 5.91 Å². The summed E-state index contributed by atoms with van der Waals surface area (Å²) in [6, 6.07) is 7.48. The van der Waals surface area contributed by atoms with Gasteiger partial charge in [0, 0.05) is 36.3 Å². The minimum Gasteiger partial charge on any atom is -0.409 e. The average molecular weight is 290 g/mol. The molecule has 1 aliphatic rings. The standard InChI is InChI=1S/C15H22N4O2/c1-10-8-19(9-11(2)18(10)3)15(20)13-6-4-12(5-7-13)14(16)17-21/h4-7,10-11,21H,8-9H2,1-3H3,(H2,16,17). The predicted octanol–water partition coefficient (Wildman–Crippen LogP) is 0.946. The molecular weight excluding hydrogens is 268 g/mol. The van der Waals surface area contributed by atoms with E-state index in [9.17, 15) is 4.79 Å². The first-order valence-corrected chi connectivity index (χ1v) is 7.03. The first kappa shape index (κ1) is 15.3. The third-order valence-corrected chi connectivity index (χ3v) is 4.18. The van der Waals surface area contributed by atoms with Crippen molar-refractivity contribution in [3.05, 3.63) is 35.4 Å². The van der Waals surface area contributed by atoms with Crippen molar-refractivity contribution in [2.45, 2.75) is 25.9 Å². The number of nitrogens with two attached hydrogens (primary N) is 1. The number of likely N-dealkylation sites (N-methyl/N-ethyl adjacent to an activating group) is 1. The largest absolute Gasteiger partial charge is 0.409 e. The number of carbonyl (C=O) groups is 1. The Morgan fingerprint density at radius 3 is 2.14 bits per heavy atom. The fraction of sp³-hybridized carbons (Fsp3) is 0.467. The summed E-state index contributed by atoms with van der Waals surface area (Å²) in [6.45, 7) is 5.69. The molecule has 0 aromatic heterocycles. The summed E-state index contributed by atoms with van der Waals surface area (Å²) in [4.78, 5) is 16.7. The van der Waals surface area contributed by atoms with Crippen LogP contribution in [-0.2, 0) is 0 Å². The first-order chi connectivity index (χ1) is 9.93.